The van der Waals surface area contributed by atoms with Gasteiger partial charge in [-0.3, -0.25) is 8.42 Å². The monoisotopic (exact) mass is 303 g/mol. The Kier molecular flexibility index (Phi) is 536. The second-order valence-corrected chi connectivity index (χ2v) is 1.22. The van der Waals surface area contributed by atoms with Crippen molar-refractivity contribution in [1.82, 2.24) is 0 Å². The molecule has 0 aliphatic carbocycles. The van der Waals surface area contributed by atoms with Crippen LogP contribution in [-0.4, -0.2) is 61.3 Å². The normalized spacial score (nSPS) is 4.14. The second kappa shape index (κ2) is 51.7. The van der Waals surface area contributed by atoms with Gasteiger partial charge in [0.05, 0.1) is 0 Å². The van der Waals surface area contributed by atoms with Gasteiger partial charge in [-0.25, -0.2) is 0 Å². The third-order valence-electron chi connectivity index (χ3n) is 0. The quantitative estimate of drug-likeness (QED) is 0.238. The molecule has 0 heterocycles. The summed E-state index contributed by atoms with van der Waals surface area (Å²) in [5.41, 5.74) is 0. The van der Waals surface area contributed by atoms with E-state index in [1.807, 2.05) is 0 Å². The summed E-state index contributed by atoms with van der Waals surface area (Å²) in [5, 5.41) is 0. The van der Waals surface area contributed by atoms with E-state index in [9.17, 15) is 0 Å². The largest absolute Gasteiger partial charge is 2.00 e. The first-order valence-corrected chi connectivity index (χ1v) is 2.00. The Morgan fingerprint density at radius 3 is 0.571 bits per heavy atom. The minimum atomic E-state index is -5.17. The Balaban J connectivity index is -0.00000000222. The minimum absolute atomic E-state index is 0. The van der Waals surface area contributed by atoms with Crippen molar-refractivity contribution in [2.24, 2.45) is 0 Å². The van der Waals surface area contributed by atoms with Crippen molar-refractivity contribution < 1.29 is 78.4 Å². The molecule has 0 aliphatic rings. The average Bonchev–Trinajstić information content (AvgIpc) is 0.722. The fraction of sp³-hybridized carbons (Fsp3) is 0. The van der Waals surface area contributed by atoms with Crippen LogP contribution < -0.4 is 0 Å². The molecule has 12 nitrogen and oxygen atoms in total. The molecule has 105 valence electrons. The summed E-state index contributed by atoms with van der Waals surface area (Å²) in [7, 11) is -5.17. The first-order chi connectivity index (χ1) is 2.00. The van der Waals surface area contributed by atoms with E-state index in [4.69, 9.17) is 17.5 Å². The topological polar surface area (TPSA) is 332 Å². The molecule has 0 spiro atoms. The minimum Gasteiger partial charge on any atom is -0.759 e. The van der Waals surface area contributed by atoms with E-state index in [0.717, 1.165) is 0 Å². The van der Waals surface area contributed by atoms with Crippen molar-refractivity contribution in [3.63, 3.8) is 0 Å². The van der Waals surface area contributed by atoms with Gasteiger partial charge < -0.3 is 52.9 Å². The summed E-state index contributed by atoms with van der Waals surface area (Å²) in [6, 6.07) is 0. The van der Waals surface area contributed by atoms with Gasteiger partial charge in [0.25, 0.3) is 0 Å². The SMILES string of the molecule is O.O.O.O.O.O.O.O.O=S(=O)([O-])[O-].[Cu+2]. The van der Waals surface area contributed by atoms with Crippen molar-refractivity contribution in [3.05, 3.63) is 0 Å². The van der Waals surface area contributed by atoms with E-state index in [2.05, 4.69) is 0 Å². The van der Waals surface area contributed by atoms with E-state index in [-0.39, 0.29) is 60.9 Å². The summed E-state index contributed by atoms with van der Waals surface area (Å²) in [5.74, 6) is 0. The summed E-state index contributed by atoms with van der Waals surface area (Å²) < 4.78 is 34.1. The fourth-order valence-electron chi connectivity index (χ4n) is 0. The van der Waals surface area contributed by atoms with Gasteiger partial charge in [-0.1, -0.05) is 0 Å². The molecular weight excluding hydrogens is 288 g/mol. The molecule has 0 aromatic rings. The Hall–Kier alpha value is 0.0695. The van der Waals surface area contributed by atoms with Crippen molar-refractivity contribution in [3.8, 4) is 0 Å². The molecule has 1 radical (unpaired) electrons. The zero-order valence-electron chi connectivity index (χ0n) is 6.34. The molecule has 0 saturated heterocycles. The van der Waals surface area contributed by atoms with Crippen LogP contribution in [0.1, 0.15) is 0 Å². The zero-order valence-corrected chi connectivity index (χ0v) is 8.10. The van der Waals surface area contributed by atoms with Gasteiger partial charge in [0, 0.05) is 10.4 Å². The van der Waals surface area contributed by atoms with Crippen LogP contribution in [-0.2, 0) is 27.5 Å². The van der Waals surface area contributed by atoms with Gasteiger partial charge in [-0.05, 0) is 0 Å². The van der Waals surface area contributed by atoms with Gasteiger partial charge in [-0.2, -0.15) is 0 Å². The van der Waals surface area contributed by atoms with Crippen molar-refractivity contribution in [2.75, 3.05) is 0 Å². The van der Waals surface area contributed by atoms with E-state index in [1.165, 1.54) is 0 Å². The molecule has 0 aromatic heterocycles. The van der Waals surface area contributed by atoms with Gasteiger partial charge in [0.1, 0.15) is 0 Å². The predicted molar refractivity (Wildman–Crippen MR) is 39.4 cm³/mol. The van der Waals surface area contributed by atoms with Crippen molar-refractivity contribution in [2.45, 2.75) is 0 Å². The molecular formula is H16CuO12S. The molecule has 0 fully saturated rings. The third-order valence-corrected chi connectivity index (χ3v) is 0. The predicted octanol–water partition coefficient (Wildman–Crippen LogP) is -7.94. The fourth-order valence-corrected chi connectivity index (χ4v) is 0. The van der Waals surface area contributed by atoms with Gasteiger partial charge in [-0.15, -0.1) is 0 Å². The first-order valence-electron chi connectivity index (χ1n) is 0.667. The van der Waals surface area contributed by atoms with Crippen LogP contribution in [0.15, 0.2) is 0 Å². The molecule has 16 N–H and O–H groups in total. The molecule has 0 aliphatic heterocycles. The standard InChI is InChI=1S/Cu.H2O4S.8H2O/c;1-5(2,3)4;;;;;;;;/h;(H2,1,2,3,4);8*1H2/q+2;;;;;;;;;/p-2. The maximum absolute atomic E-state index is 8.52. The first kappa shape index (κ1) is 145. The Morgan fingerprint density at radius 2 is 0.571 bits per heavy atom. The van der Waals surface area contributed by atoms with Gasteiger partial charge in [0.2, 0.25) is 0 Å². The van der Waals surface area contributed by atoms with Crippen LogP contribution >= 0.6 is 0 Å². The summed E-state index contributed by atoms with van der Waals surface area (Å²) in [6.07, 6.45) is 0. The molecule has 0 rings (SSSR count). The van der Waals surface area contributed by atoms with Crippen LogP contribution in [0.25, 0.3) is 0 Å². The smallest absolute Gasteiger partial charge is 0.759 e. The molecule has 14 heavy (non-hydrogen) atoms. The second-order valence-electron chi connectivity index (χ2n) is 0.408. The Bertz CT molecular complexity index is 93.5. The number of hydrogen-bond acceptors (Lipinski definition) is 4. The third kappa shape index (κ3) is 306000. The summed E-state index contributed by atoms with van der Waals surface area (Å²) in [6.45, 7) is 0. The summed E-state index contributed by atoms with van der Waals surface area (Å²) in [4.78, 5) is 0. The molecule has 0 aromatic carbocycles. The molecule has 0 atom stereocenters. The van der Waals surface area contributed by atoms with E-state index in [1.54, 1.807) is 0 Å². The van der Waals surface area contributed by atoms with Crippen LogP contribution in [0.2, 0.25) is 0 Å². The number of hydrogen-bond donors (Lipinski definition) is 0. The molecule has 0 amide bonds. The average molecular weight is 304 g/mol. The van der Waals surface area contributed by atoms with E-state index < -0.39 is 10.4 Å². The van der Waals surface area contributed by atoms with E-state index >= 15 is 0 Å². The van der Waals surface area contributed by atoms with Crippen molar-refractivity contribution in [1.29, 1.82) is 0 Å². The molecule has 14 heteroatoms. The Labute approximate surface area is 89.4 Å². The summed E-state index contributed by atoms with van der Waals surface area (Å²) >= 11 is 0. The maximum atomic E-state index is 8.52. The van der Waals surface area contributed by atoms with E-state index in [0.29, 0.717) is 0 Å². The molecule has 0 unspecified atom stereocenters. The van der Waals surface area contributed by atoms with Crippen molar-refractivity contribution >= 4 is 10.4 Å². The zero-order chi connectivity index (χ0) is 4.50. The molecule has 0 saturated carbocycles. The van der Waals surface area contributed by atoms with Crippen LogP contribution in [0.5, 0.6) is 0 Å². The number of rotatable bonds is 0. The van der Waals surface area contributed by atoms with Crippen LogP contribution in [0, 0.1) is 0 Å². The van der Waals surface area contributed by atoms with Gasteiger partial charge in [0.15, 0.2) is 0 Å². The maximum Gasteiger partial charge on any atom is 2.00 e. The van der Waals surface area contributed by atoms with Crippen LogP contribution in [0.4, 0.5) is 0 Å². The Morgan fingerprint density at radius 1 is 0.571 bits per heavy atom. The van der Waals surface area contributed by atoms with Gasteiger partial charge >= 0.3 is 17.1 Å². The van der Waals surface area contributed by atoms with Crippen LogP contribution in [0.3, 0.4) is 0 Å². The molecule has 0 bridgehead atoms.